The molecule has 4 heteroatoms. The quantitative estimate of drug-likeness (QED) is 0.671. The summed E-state index contributed by atoms with van der Waals surface area (Å²) in [7, 11) is 0. The number of benzene rings is 1. The molecule has 1 fully saturated rings. The third-order valence-electron chi connectivity index (χ3n) is 2.14. The van der Waals surface area contributed by atoms with E-state index in [1.165, 1.54) is 0 Å². The van der Waals surface area contributed by atoms with Gasteiger partial charge >= 0.3 is 6.18 Å². The highest BCUT2D eigenvalue weighted by atomic mass is 19.4. The van der Waals surface area contributed by atoms with Gasteiger partial charge < -0.3 is 4.74 Å². The van der Waals surface area contributed by atoms with Crippen molar-refractivity contribution in [1.29, 1.82) is 0 Å². The molecule has 0 N–H and O–H groups in total. The smallest absolute Gasteiger partial charge is 0.364 e. The Labute approximate surface area is 79.5 Å². The van der Waals surface area contributed by atoms with Gasteiger partial charge in [-0.2, -0.15) is 13.2 Å². The van der Waals surface area contributed by atoms with Crippen molar-refractivity contribution in [2.45, 2.75) is 24.8 Å². The Kier molecular flexibility index (Phi) is 2.23. The number of hydrogen-bond acceptors (Lipinski definition) is 1. The number of halogens is 3. The average Bonchev–Trinajstić information content (AvgIpc) is 2.82. The first kappa shape index (κ1) is 9.52. The van der Waals surface area contributed by atoms with Crippen molar-refractivity contribution >= 4 is 0 Å². The highest BCUT2D eigenvalue weighted by Crippen LogP contribution is 2.44. The average molecular weight is 202 g/mol. The molecule has 1 aromatic rings. The molecule has 0 amide bonds. The molecule has 1 aromatic carbocycles. The molecule has 2 rings (SSSR count). The Bertz CT molecular complexity index is 307. The molecule has 1 heterocycles. The first-order chi connectivity index (χ1) is 6.56. The van der Waals surface area contributed by atoms with Crippen molar-refractivity contribution < 1.29 is 17.9 Å². The molecular weight excluding hydrogens is 193 g/mol. The van der Waals surface area contributed by atoms with Crippen molar-refractivity contribution in [1.82, 2.24) is 0 Å². The Morgan fingerprint density at radius 3 is 2.36 bits per heavy atom. The monoisotopic (exact) mass is 202 g/mol. The summed E-state index contributed by atoms with van der Waals surface area (Å²) in [5.41, 5.74) is 0.821. The second-order valence-corrected chi connectivity index (χ2v) is 3.33. The molecule has 0 spiro atoms. The zero-order chi connectivity index (χ0) is 10.2. The fourth-order valence-electron chi connectivity index (χ4n) is 1.46. The van der Waals surface area contributed by atoms with E-state index in [0.717, 1.165) is 5.56 Å². The van der Waals surface area contributed by atoms with E-state index in [-0.39, 0.29) is 6.10 Å². The maximum atomic E-state index is 12.0. The number of ether oxygens (including phenoxy) is 1. The predicted octanol–water partition coefficient (Wildman–Crippen LogP) is 3.08. The van der Waals surface area contributed by atoms with Gasteiger partial charge in [-0.15, -0.1) is 0 Å². The topological polar surface area (TPSA) is 12.5 Å². The summed E-state index contributed by atoms with van der Waals surface area (Å²) in [5.74, 6) is 0. The minimum Gasteiger partial charge on any atom is -0.364 e. The van der Waals surface area contributed by atoms with Crippen molar-refractivity contribution in [2.75, 3.05) is 0 Å². The molecule has 2 atom stereocenters. The van der Waals surface area contributed by atoms with Crippen LogP contribution in [0.4, 0.5) is 13.2 Å². The van der Waals surface area contributed by atoms with Crippen LogP contribution in [0.2, 0.25) is 0 Å². The zero-order valence-corrected chi connectivity index (χ0v) is 7.29. The third kappa shape index (κ3) is 2.26. The molecule has 1 aliphatic rings. The summed E-state index contributed by atoms with van der Waals surface area (Å²) >= 11 is 0. The highest BCUT2D eigenvalue weighted by molar-refractivity contribution is 5.22. The summed E-state index contributed by atoms with van der Waals surface area (Å²) < 4.78 is 40.8. The molecule has 0 aromatic heterocycles. The van der Waals surface area contributed by atoms with E-state index < -0.39 is 18.7 Å². The minimum atomic E-state index is -4.13. The molecule has 2 unspecified atom stereocenters. The van der Waals surface area contributed by atoms with Crippen LogP contribution in [0.15, 0.2) is 30.3 Å². The highest BCUT2D eigenvalue weighted by Gasteiger charge is 2.47. The van der Waals surface area contributed by atoms with Crippen LogP contribution in [-0.4, -0.2) is 12.3 Å². The van der Waals surface area contributed by atoms with Crippen LogP contribution in [-0.2, 0) is 4.74 Å². The Morgan fingerprint density at radius 2 is 1.79 bits per heavy atom. The van der Waals surface area contributed by atoms with Gasteiger partial charge in [-0.05, 0) is 5.56 Å². The van der Waals surface area contributed by atoms with Gasteiger partial charge in [0.05, 0.1) is 12.5 Å². The van der Waals surface area contributed by atoms with Crippen molar-refractivity contribution in [2.24, 2.45) is 0 Å². The first-order valence-electron chi connectivity index (χ1n) is 4.33. The number of rotatable bonds is 2. The van der Waals surface area contributed by atoms with Gasteiger partial charge in [0.25, 0.3) is 0 Å². The standard InChI is InChI=1S/C10H9F3O/c11-10(12,13)6-8-9(14-8)7-4-2-1-3-5-7/h1-5,8-9H,6H2. The van der Waals surface area contributed by atoms with Crippen LogP contribution in [0, 0.1) is 0 Å². The summed E-state index contributed by atoms with van der Waals surface area (Å²) in [5, 5.41) is 0. The fourth-order valence-corrected chi connectivity index (χ4v) is 1.46. The normalized spacial score (nSPS) is 26.2. The lowest BCUT2D eigenvalue weighted by molar-refractivity contribution is -0.137. The lowest BCUT2D eigenvalue weighted by atomic mass is 10.1. The molecule has 76 valence electrons. The van der Waals surface area contributed by atoms with Crippen molar-refractivity contribution in [3.05, 3.63) is 35.9 Å². The SMILES string of the molecule is FC(F)(F)CC1OC1c1ccccc1. The van der Waals surface area contributed by atoms with Crippen molar-refractivity contribution in [3.63, 3.8) is 0 Å². The van der Waals surface area contributed by atoms with E-state index in [4.69, 9.17) is 4.74 Å². The van der Waals surface area contributed by atoms with Gasteiger partial charge in [0.1, 0.15) is 6.10 Å². The van der Waals surface area contributed by atoms with Crippen LogP contribution in [0.1, 0.15) is 18.1 Å². The van der Waals surface area contributed by atoms with E-state index in [1.807, 2.05) is 6.07 Å². The zero-order valence-electron chi connectivity index (χ0n) is 7.29. The van der Waals surface area contributed by atoms with Gasteiger partial charge in [-0.3, -0.25) is 0 Å². The van der Waals surface area contributed by atoms with Crippen LogP contribution < -0.4 is 0 Å². The number of alkyl halides is 3. The third-order valence-corrected chi connectivity index (χ3v) is 2.14. The van der Waals surface area contributed by atoms with E-state index in [2.05, 4.69) is 0 Å². The van der Waals surface area contributed by atoms with Gasteiger partial charge in [0.15, 0.2) is 0 Å². The molecule has 1 nitrogen and oxygen atoms in total. The van der Waals surface area contributed by atoms with Crippen LogP contribution in [0.25, 0.3) is 0 Å². The van der Waals surface area contributed by atoms with Crippen molar-refractivity contribution in [3.8, 4) is 0 Å². The second kappa shape index (κ2) is 3.28. The van der Waals surface area contributed by atoms with Gasteiger partial charge in [0.2, 0.25) is 0 Å². The lowest BCUT2D eigenvalue weighted by Gasteiger charge is -2.01. The summed E-state index contributed by atoms with van der Waals surface area (Å²) in [6.45, 7) is 0. The van der Waals surface area contributed by atoms with Gasteiger partial charge in [-0.1, -0.05) is 30.3 Å². The van der Waals surface area contributed by atoms with Gasteiger partial charge in [-0.25, -0.2) is 0 Å². The Hall–Kier alpha value is -1.03. The Morgan fingerprint density at radius 1 is 1.14 bits per heavy atom. The lowest BCUT2D eigenvalue weighted by Crippen LogP contribution is -2.11. The number of epoxide rings is 1. The summed E-state index contributed by atoms with van der Waals surface area (Å²) in [4.78, 5) is 0. The maximum absolute atomic E-state index is 12.0. The molecule has 0 aliphatic carbocycles. The molecule has 0 bridgehead atoms. The maximum Gasteiger partial charge on any atom is 0.391 e. The van der Waals surface area contributed by atoms with Gasteiger partial charge in [0, 0.05) is 0 Å². The van der Waals surface area contributed by atoms with E-state index in [9.17, 15) is 13.2 Å². The molecule has 0 saturated carbocycles. The van der Waals surface area contributed by atoms with E-state index in [0.29, 0.717) is 0 Å². The van der Waals surface area contributed by atoms with Crippen LogP contribution in [0.5, 0.6) is 0 Å². The largest absolute Gasteiger partial charge is 0.391 e. The molecule has 1 saturated heterocycles. The molecular formula is C10H9F3O. The van der Waals surface area contributed by atoms with Crippen LogP contribution in [0.3, 0.4) is 0 Å². The summed E-state index contributed by atoms with van der Waals surface area (Å²) in [6.07, 6.45) is -6.03. The molecule has 14 heavy (non-hydrogen) atoms. The summed E-state index contributed by atoms with van der Waals surface area (Å²) in [6, 6.07) is 8.97. The second-order valence-electron chi connectivity index (χ2n) is 3.33. The van der Waals surface area contributed by atoms with E-state index >= 15 is 0 Å². The Balaban J connectivity index is 1.94. The molecule has 1 aliphatic heterocycles. The predicted molar refractivity (Wildman–Crippen MR) is 44.7 cm³/mol. The van der Waals surface area contributed by atoms with E-state index in [1.54, 1.807) is 24.3 Å². The number of hydrogen-bond donors (Lipinski definition) is 0. The fraction of sp³-hybridized carbons (Fsp3) is 0.400. The van der Waals surface area contributed by atoms with Crippen LogP contribution >= 0.6 is 0 Å². The molecule has 0 radical (unpaired) electrons. The first-order valence-corrected chi connectivity index (χ1v) is 4.33. The minimum absolute atomic E-state index is 0.363.